The van der Waals surface area contributed by atoms with Crippen molar-refractivity contribution >= 4 is 5.91 Å². The molecule has 0 spiro atoms. The summed E-state index contributed by atoms with van der Waals surface area (Å²) in [6, 6.07) is 9.36. The Kier molecular flexibility index (Phi) is 8.74. The lowest BCUT2D eigenvalue weighted by Gasteiger charge is -2.19. The van der Waals surface area contributed by atoms with E-state index in [0.717, 1.165) is 12.1 Å². The fraction of sp³-hybridized carbons (Fsp3) is 0.280. The number of hydrogen-bond donors (Lipinski definition) is 2. The Balaban J connectivity index is 1.71. The minimum absolute atomic E-state index is 0.0260. The van der Waals surface area contributed by atoms with Crippen molar-refractivity contribution in [3.8, 4) is 0 Å². The highest BCUT2D eigenvalue weighted by atomic mass is 19.4. The molecule has 3 rings (SSSR count). The fourth-order valence-corrected chi connectivity index (χ4v) is 3.50. The number of alkyl halides is 6. The van der Waals surface area contributed by atoms with E-state index in [4.69, 9.17) is 4.74 Å². The van der Waals surface area contributed by atoms with Crippen molar-refractivity contribution in [3.63, 3.8) is 0 Å². The summed E-state index contributed by atoms with van der Waals surface area (Å²) >= 11 is 0. The minimum Gasteiger partial charge on any atom is -0.376 e. The van der Waals surface area contributed by atoms with E-state index in [2.05, 4.69) is 10.3 Å². The molecule has 5 nitrogen and oxygen atoms in total. The van der Waals surface area contributed by atoms with Gasteiger partial charge in [-0.1, -0.05) is 18.2 Å². The number of halogens is 7. The molecular weight excluding hydrogens is 509 g/mol. The molecule has 0 saturated heterocycles. The zero-order valence-corrected chi connectivity index (χ0v) is 19.0. The van der Waals surface area contributed by atoms with Gasteiger partial charge in [0.2, 0.25) is 5.91 Å². The third-order valence-corrected chi connectivity index (χ3v) is 5.37. The van der Waals surface area contributed by atoms with Crippen LogP contribution in [0.5, 0.6) is 0 Å². The molecule has 1 amide bonds. The summed E-state index contributed by atoms with van der Waals surface area (Å²) in [5.41, 5.74) is -2.96. The Morgan fingerprint density at radius 1 is 0.946 bits per heavy atom. The van der Waals surface area contributed by atoms with Gasteiger partial charge in [0.25, 0.3) is 5.56 Å². The van der Waals surface area contributed by atoms with E-state index in [9.17, 15) is 40.3 Å². The normalized spacial score (nSPS) is 12.8. The van der Waals surface area contributed by atoms with Crippen LogP contribution in [0.4, 0.5) is 30.7 Å². The van der Waals surface area contributed by atoms with Crippen LogP contribution in [0.25, 0.3) is 0 Å². The van der Waals surface area contributed by atoms with E-state index >= 15 is 0 Å². The quantitative estimate of drug-likeness (QED) is 0.373. The lowest BCUT2D eigenvalue weighted by molar-refractivity contribution is -0.143. The van der Waals surface area contributed by atoms with Gasteiger partial charge in [-0.15, -0.1) is 0 Å². The second kappa shape index (κ2) is 11.6. The van der Waals surface area contributed by atoms with Gasteiger partial charge in [-0.05, 0) is 47.5 Å². The number of pyridine rings is 1. The van der Waals surface area contributed by atoms with E-state index in [-0.39, 0.29) is 36.8 Å². The Bertz CT molecular complexity index is 1240. The van der Waals surface area contributed by atoms with Crippen molar-refractivity contribution in [2.75, 3.05) is 13.2 Å². The molecule has 0 fully saturated rings. The van der Waals surface area contributed by atoms with Crippen LogP contribution in [0.2, 0.25) is 0 Å². The third-order valence-electron chi connectivity index (χ3n) is 5.37. The summed E-state index contributed by atoms with van der Waals surface area (Å²) in [5.74, 6) is -1.65. The number of carbonyl (C=O) groups excluding carboxylic acids is 1. The second-order valence-corrected chi connectivity index (χ2v) is 8.18. The number of aromatic nitrogens is 1. The summed E-state index contributed by atoms with van der Waals surface area (Å²) < 4.78 is 97.4. The van der Waals surface area contributed by atoms with Crippen LogP contribution in [0.1, 0.15) is 33.7 Å². The van der Waals surface area contributed by atoms with Gasteiger partial charge < -0.3 is 15.0 Å². The lowest BCUT2D eigenvalue weighted by atomic mass is 9.99. The van der Waals surface area contributed by atoms with Crippen molar-refractivity contribution in [2.24, 2.45) is 0 Å². The fourth-order valence-electron chi connectivity index (χ4n) is 3.50. The number of ether oxygens (including phenoxy) is 1. The number of nitrogens with one attached hydrogen (secondary N) is 2. The summed E-state index contributed by atoms with van der Waals surface area (Å²) in [4.78, 5) is 26.5. The number of aromatic amines is 1. The lowest BCUT2D eigenvalue weighted by Crippen LogP contribution is -2.32. The molecular formula is C25H21F7N2O3. The number of benzene rings is 2. The first-order valence-corrected chi connectivity index (χ1v) is 10.9. The van der Waals surface area contributed by atoms with Crippen molar-refractivity contribution < 1.29 is 40.3 Å². The molecule has 3 aromatic rings. The van der Waals surface area contributed by atoms with Gasteiger partial charge in [0.05, 0.1) is 30.8 Å². The maximum Gasteiger partial charge on any atom is 0.416 e. The van der Waals surface area contributed by atoms with E-state index in [0.29, 0.717) is 17.7 Å². The molecule has 198 valence electrons. The topological polar surface area (TPSA) is 71.2 Å². The van der Waals surface area contributed by atoms with E-state index in [1.807, 2.05) is 0 Å². The van der Waals surface area contributed by atoms with Crippen LogP contribution >= 0.6 is 0 Å². The Morgan fingerprint density at radius 3 is 2.14 bits per heavy atom. The second-order valence-electron chi connectivity index (χ2n) is 8.18. The maximum atomic E-state index is 13.4. The third kappa shape index (κ3) is 8.17. The molecule has 0 aliphatic rings. The number of rotatable bonds is 9. The Hall–Kier alpha value is -3.67. The van der Waals surface area contributed by atoms with Gasteiger partial charge in [0.1, 0.15) is 5.82 Å². The summed E-state index contributed by atoms with van der Waals surface area (Å²) in [6.07, 6.45) is -8.79. The van der Waals surface area contributed by atoms with Crippen molar-refractivity contribution in [2.45, 2.75) is 31.3 Å². The highest BCUT2D eigenvalue weighted by molar-refractivity contribution is 5.78. The van der Waals surface area contributed by atoms with Crippen molar-refractivity contribution in [1.82, 2.24) is 10.3 Å². The van der Waals surface area contributed by atoms with E-state index in [1.165, 1.54) is 24.4 Å². The largest absolute Gasteiger partial charge is 0.416 e. The van der Waals surface area contributed by atoms with Crippen LogP contribution < -0.4 is 10.9 Å². The maximum absolute atomic E-state index is 13.4. The molecule has 1 unspecified atom stereocenters. The van der Waals surface area contributed by atoms with Crippen molar-refractivity contribution in [1.29, 1.82) is 0 Å². The van der Waals surface area contributed by atoms with Crippen LogP contribution in [0, 0.1) is 5.82 Å². The molecule has 12 heteroatoms. The summed E-state index contributed by atoms with van der Waals surface area (Å²) in [7, 11) is 0. The molecule has 1 heterocycles. The molecule has 2 N–H and O–H groups in total. The van der Waals surface area contributed by atoms with Crippen LogP contribution in [0.3, 0.4) is 0 Å². The van der Waals surface area contributed by atoms with Gasteiger partial charge in [-0.25, -0.2) is 4.39 Å². The molecule has 0 radical (unpaired) electrons. The molecule has 2 aromatic carbocycles. The van der Waals surface area contributed by atoms with Gasteiger partial charge in [-0.2, -0.15) is 26.3 Å². The van der Waals surface area contributed by atoms with Gasteiger partial charge in [0, 0.05) is 24.2 Å². The van der Waals surface area contributed by atoms with Crippen LogP contribution in [-0.2, 0) is 34.9 Å². The van der Waals surface area contributed by atoms with E-state index < -0.39 is 53.3 Å². The zero-order valence-electron chi connectivity index (χ0n) is 19.0. The number of hydrogen-bond acceptors (Lipinski definition) is 3. The zero-order chi connectivity index (χ0) is 27.2. The molecule has 0 aliphatic carbocycles. The van der Waals surface area contributed by atoms with Crippen LogP contribution in [-0.4, -0.2) is 24.0 Å². The predicted molar refractivity (Wildman–Crippen MR) is 119 cm³/mol. The average Bonchev–Trinajstić information content (AvgIpc) is 2.82. The number of carbonyl (C=O) groups is 1. The van der Waals surface area contributed by atoms with Gasteiger partial charge in [-0.3, -0.25) is 9.59 Å². The first-order chi connectivity index (χ1) is 17.3. The Labute approximate surface area is 206 Å². The standard InChI is InChI=1S/C25H21F7N2O3/c26-21-5-3-16(4-6-21)18(12-34-22(35)10-17-2-1-7-33-23(17)36)14-37-13-15-8-19(24(27,28)29)11-20(9-15)25(30,31)32/h1-9,11,18H,10,12-14H2,(H,33,36)(H,34,35). The highest BCUT2D eigenvalue weighted by Gasteiger charge is 2.36. The van der Waals surface area contributed by atoms with Gasteiger partial charge in [0.15, 0.2) is 0 Å². The molecule has 0 aliphatic heterocycles. The molecule has 0 bridgehead atoms. The van der Waals surface area contributed by atoms with Gasteiger partial charge >= 0.3 is 12.4 Å². The molecule has 1 atom stereocenters. The smallest absolute Gasteiger partial charge is 0.376 e. The first kappa shape index (κ1) is 27.9. The minimum atomic E-state index is -4.99. The van der Waals surface area contributed by atoms with E-state index in [1.54, 1.807) is 6.07 Å². The molecule has 37 heavy (non-hydrogen) atoms. The predicted octanol–water partition coefficient (Wildman–Crippen LogP) is 5.21. The average molecular weight is 530 g/mol. The monoisotopic (exact) mass is 530 g/mol. The highest BCUT2D eigenvalue weighted by Crippen LogP contribution is 2.36. The summed E-state index contributed by atoms with van der Waals surface area (Å²) in [6.45, 7) is -0.834. The first-order valence-electron chi connectivity index (χ1n) is 10.9. The van der Waals surface area contributed by atoms with Crippen molar-refractivity contribution in [3.05, 3.63) is 105 Å². The molecule has 0 saturated carbocycles. The SMILES string of the molecule is O=C(Cc1ccc[nH]c1=O)NCC(COCc1cc(C(F)(F)F)cc(C(F)(F)F)c1)c1ccc(F)cc1. The van der Waals surface area contributed by atoms with Crippen LogP contribution in [0.15, 0.2) is 65.6 Å². The number of amides is 1. The Morgan fingerprint density at radius 2 is 1.57 bits per heavy atom. The summed E-state index contributed by atoms with van der Waals surface area (Å²) in [5, 5.41) is 2.62. The number of H-pyrrole nitrogens is 1. The molecule has 1 aromatic heterocycles.